The van der Waals surface area contributed by atoms with E-state index < -0.39 is 19.2 Å². The largest absolute Gasteiger partial charge is 0.846 e. The minimum absolute atomic E-state index is 0.0512. The third kappa shape index (κ3) is 8.04. The zero-order valence-electron chi connectivity index (χ0n) is 27.7. The fourth-order valence-electron chi connectivity index (χ4n) is 5.43. The van der Waals surface area contributed by atoms with Crippen LogP contribution in [0.25, 0.3) is 11.6 Å². The zero-order valence-corrected chi connectivity index (χ0v) is 27.7. The number of hydrogen-bond donors (Lipinski definition) is 0. The van der Waals surface area contributed by atoms with Gasteiger partial charge < -0.3 is 33.2 Å². The molecule has 0 atom stereocenters. The van der Waals surface area contributed by atoms with Gasteiger partial charge in [0, 0.05) is 23.9 Å². The van der Waals surface area contributed by atoms with E-state index in [2.05, 4.69) is 0 Å². The van der Waals surface area contributed by atoms with E-state index in [0.29, 0.717) is 73.7 Å². The van der Waals surface area contributed by atoms with Crippen molar-refractivity contribution in [3.8, 4) is 23.6 Å². The molecular weight excluding hydrogens is 650 g/mol. The number of halogens is 1. The minimum atomic E-state index is -1.92. The molecule has 258 valence electrons. The fourth-order valence-corrected chi connectivity index (χ4v) is 5.43. The molecule has 4 heterocycles. The first kappa shape index (κ1) is 35.8. The number of hydrogen-bond acceptors (Lipinski definition) is 11. The van der Waals surface area contributed by atoms with E-state index in [9.17, 15) is 20.1 Å². The van der Waals surface area contributed by atoms with Crippen LogP contribution in [0, 0.1) is 22.7 Å². The summed E-state index contributed by atoms with van der Waals surface area (Å²) in [5, 5.41) is 19.4. The van der Waals surface area contributed by atoms with Gasteiger partial charge in [-0.1, -0.05) is 6.07 Å². The Morgan fingerprint density at radius 3 is 2.02 bits per heavy atom. The first-order valence-corrected chi connectivity index (χ1v) is 16.1. The van der Waals surface area contributed by atoms with Crippen molar-refractivity contribution in [3.05, 3.63) is 82.4 Å². The van der Waals surface area contributed by atoms with Crippen molar-refractivity contribution in [3.63, 3.8) is 0 Å². The number of allylic oxidation sites excluding steroid dienone is 3. The van der Waals surface area contributed by atoms with Crippen molar-refractivity contribution in [2.75, 3.05) is 66.1 Å². The molecule has 13 nitrogen and oxygen atoms in total. The number of esters is 2. The molecule has 0 spiro atoms. The number of ether oxygens (including phenoxy) is 7. The van der Waals surface area contributed by atoms with Crippen LogP contribution >= 0.6 is 0 Å². The van der Waals surface area contributed by atoms with E-state index in [1.165, 1.54) is 21.1 Å². The van der Waals surface area contributed by atoms with Crippen LogP contribution in [-0.4, -0.2) is 99.9 Å². The Hall–Kier alpha value is -5.48. The topological polar surface area (TPSA) is 154 Å². The summed E-state index contributed by atoms with van der Waals surface area (Å²) in [6, 6.07) is 12.2. The van der Waals surface area contributed by atoms with Gasteiger partial charge in [-0.2, -0.15) is 10.5 Å². The normalized spacial score (nSPS) is 17.2. The molecule has 0 saturated carbocycles. The number of carbonyl (C=O) groups excluding carboxylic acids is 2. The lowest BCUT2D eigenvalue weighted by Crippen LogP contribution is -2.40. The van der Waals surface area contributed by atoms with Crippen molar-refractivity contribution < 1.29 is 51.5 Å². The predicted molar refractivity (Wildman–Crippen MR) is 178 cm³/mol. The van der Waals surface area contributed by atoms with E-state index in [0.717, 1.165) is 0 Å². The van der Waals surface area contributed by atoms with Crippen LogP contribution in [0.2, 0.25) is 0 Å². The van der Waals surface area contributed by atoms with Gasteiger partial charge in [-0.15, -0.1) is 0 Å². The number of benzene rings is 1. The van der Waals surface area contributed by atoms with Crippen LogP contribution in [0.1, 0.15) is 30.8 Å². The third-order valence-electron chi connectivity index (χ3n) is 7.60. The molecule has 0 bridgehead atoms. The molecule has 15 heteroatoms. The van der Waals surface area contributed by atoms with Gasteiger partial charge in [-0.25, -0.2) is 18.4 Å². The summed E-state index contributed by atoms with van der Waals surface area (Å²) >= 11 is 0. The van der Waals surface area contributed by atoms with E-state index >= 15 is 4.32 Å². The molecule has 0 unspecified atom stereocenters. The van der Waals surface area contributed by atoms with Crippen LogP contribution in [-0.2, 0) is 33.3 Å². The second-order valence-corrected chi connectivity index (χ2v) is 10.7. The monoisotopic (exact) mass is 685 g/mol. The quantitative estimate of drug-likeness (QED) is 0.182. The summed E-state index contributed by atoms with van der Waals surface area (Å²) in [5.41, 5.74) is 1.78. The van der Waals surface area contributed by atoms with E-state index in [4.69, 9.17) is 33.2 Å². The van der Waals surface area contributed by atoms with Crippen LogP contribution in [0.4, 0.5) is 4.32 Å². The van der Waals surface area contributed by atoms with Gasteiger partial charge in [0.2, 0.25) is 0 Å². The third-order valence-corrected chi connectivity index (χ3v) is 7.60. The highest BCUT2D eigenvalue weighted by atomic mass is 19.1. The molecule has 0 N–H and O–H groups in total. The van der Waals surface area contributed by atoms with Crippen molar-refractivity contribution >= 4 is 36.6 Å². The SMILES string of the molecule is CCOC(=O)/C(C#N)=C/C1=[N+]2B(F)n3c(/C=C(\C#N)C(=O)OCC)ccc3C(c3ccc4c(c3)OCCOCCOCCOCCO4)=C2C=C1. The maximum atomic E-state index is 16.8. The maximum Gasteiger partial charge on any atom is 0.846 e. The van der Waals surface area contributed by atoms with Crippen molar-refractivity contribution in [2.24, 2.45) is 0 Å². The average molecular weight is 685 g/mol. The van der Waals surface area contributed by atoms with Gasteiger partial charge in [0.15, 0.2) is 22.9 Å². The zero-order chi connectivity index (χ0) is 35.5. The molecule has 1 aromatic carbocycles. The Bertz CT molecular complexity index is 1870. The van der Waals surface area contributed by atoms with Gasteiger partial charge in [-0.3, -0.25) is 4.48 Å². The summed E-state index contributed by atoms with van der Waals surface area (Å²) in [4.78, 5) is 25.0. The maximum absolute atomic E-state index is 16.8. The molecule has 3 aliphatic rings. The molecule has 50 heavy (non-hydrogen) atoms. The molecule has 3 aliphatic heterocycles. The molecule has 1 aromatic heterocycles. The van der Waals surface area contributed by atoms with E-state index in [-0.39, 0.29) is 49.0 Å². The van der Waals surface area contributed by atoms with Crippen LogP contribution in [0.15, 0.2) is 65.4 Å². The Balaban J connectivity index is 1.65. The second-order valence-electron chi connectivity index (χ2n) is 10.7. The number of rotatable bonds is 7. The fraction of sp³-hybridized carbons (Fsp3) is 0.343. The van der Waals surface area contributed by atoms with E-state index in [1.807, 2.05) is 12.1 Å². The van der Waals surface area contributed by atoms with Gasteiger partial charge >= 0.3 is 19.2 Å². The van der Waals surface area contributed by atoms with Crippen molar-refractivity contribution in [1.82, 2.24) is 4.48 Å². The molecule has 0 aliphatic carbocycles. The highest BCUT2D eigenvalue weighted by Crippen LogP contribution is 2.40. The standard InChI is InChI=1S/C35H35BFN4O9/c1-3-47-34(42)25(22-38)19-27-6-8-29-33(30-9-7-28(41(30)36(37)40(27)29)20-26(23-39)35(43)48-4-2)24-5-10-31-32(21-24)50-18-16-46-14-12-44-11-13-45-15-17-49-31/h5-10,19-21H,3-4,11-18H2,1-2H3/q+1/b25-19+,26-20+. The summed E-state index contributed by atoms with van der Waals surface area (Å²) < 4.78 is 58.3. The Morgan fingerprint density at radius 2 is 1.42 bits per heavy atom. The van der Waals surface area contributed by atoms with E-state index in [1.54, 1.807) is 56.3 Å². The summed E-state index contributed by atoms with van der Waals surface area (Å²) in [6.07, 6.45) is 5.77. The van der Waals surface area contributed by atoms with Crippen LogP contribution < -0.4 is 9.47 Å². The Kier molecular flexibility index (Phi) is 12.4. The predicted octanol–water partition coefficient (Wildman–Crippen LogP) is 3.39. The summed E-state index contributed by atoms with van der Waals surface area (Å²) in [6.45, 7) is 6.10. The molecule has 0 amide bonds. The summed E-state index contributed by atoms with van der Waals surface area (Å²) in [7, 11) is -1.92. The first-order chi connectivity index (χ1) is 24.4. The second kappa shape index (κ2) is 17.3. The number of aromatic nitrogens is 1. The van der Waals surface area contributed by atoms with Crippen LogP contribution in [0.3, 0.4) is 0 Å². The molecule has 2 aromatic rings. The lowest BCUT2D eigenvalue weighted by Gasteiger charge is -2.21. The van der Waals surface area contributed by atoms with Gasteiger partial charge in [0.05, 0.1) is 64.1 Å². The highest BCUT2D eigenvalue weighted by molar-refractivity contribution is 6.44. The number of nitriles is 2. The number of nitrogens with zero attached hydrogens (tertiary/aromatic N) is 4. The molecule has 5 rings (SSSR count). The first-order valence-electron chi connectivity index (χ1n) is 16.1. The van der Waals surface area contributed by atoms with Gasteiger partial charge in [0.25, 0.3) is 0 Å². The molecule has 0 fully saturated rings. The highest BCUT2D eigenvalue weighted by Gasteiger charge is 2.50. The lowest BCUT2D eigenvalue weighted by molar-refractivity contribution is -0.333. The van der Waals surface area contributed by atoms with Gasteiger partial charge in [-0.05, 0) is 49.8 Å². The average Bonchev–Trinajstić information content (AvgIpc) is 3.73. The van der Waals surface area contributed by atoms with Crippen LogP contribution in [0.5, 0.6) is 11.5 Å². The summed E-state index contributed by atoms with van der Waals surface area (Å²) in [5.74, 6) is -0.824. The Labute approximate surface area is 288 Å². The number of carbonyl (C=O) groups is 2. The molecule has 0 radical (unpaired) electrons. The smallest absolute Gasteiger partial charge is 0.487 e. The van der Waals surface area contributed by atoms with Crippen molar-refractivity contribution in [1.29, 1.82) is 10.5 Å². The van der Waals surface area contributed by atoms with Gasteiger partial charge in [0.1, 0.15) is 36.5 Å². The molecule has 0 saturated heterocycles. The Morgan fingerprint density at radius 1 is 0.840 bits per heavy atom. The number of fused-ring (bicyclic) bond motifs is 3. The van der Waals surface area contributed by atoms with Crippen molar-refractivity contribution in [2.45, 2.75) is 13.8 Å². The lowest BCUT2D eigenvalue weighted by atomic mass is 9.89. The molecular formula is C35H35BFN4O9+. The minimum Gasteiger partial charge on any atom is -0.487 e.